The van der Waals surface area contributed by atoms with Crippen LogP contribution >= 0.6 is 11.6 Å². The Morgan fingerprint density at radius 3 is 2.76 bits per heavy atom. The van der Waals surface area contributed by atoms with Crippen LogP contribution in [0.3, 0.4) is 0 Å². The van der Waals surface area contributed by atoms with Gasteiger partial charge in [-0.2, -0.15) is 0 Å². The maximum absolute atomic E-state index is 12.1. The monoisotopic (exact) mass is 308 g/mol. The predicted molar refractivity (Wildman–Crippen MR) is 88.2 cm³/mol. The maximum atomic E-state index is 12.1. The number of likely N-dealkylation sites (tertiary alicyclic amines) is 1. The molecule has 0 spiro atoms. The van der Waals surface area contributed by atoms with Crippen molar-refractivity contribution in [2.24, 2.45) is 0 Å². The van der Waals surface area contributed by atoms with Crippen LogP contribution in [0.2, 0.25) is 5.02 Å². The molecule has 3 nitrogen and oxygen atoms in total. The smallest absolute Gasteiger partial charge is 0.164 e. The number of hydrogen-bond donors (Lipinski definition) is 0. The van der Waals surface area contributed by atoms with Crippen molar-refractivity contribution in [3.05, 3.63) is 34.9 Å². The van der Waals surface area contributed by atoms with E-state index in [4.69, 9.17) is 11.6 Å². The fourth-order valence-electron chi connectivity index (χ4n) is 3.04. The Kier molecular flexibility index (Phi) is 6.22. The van der Waals surface area contributed by atoms with Gasteiger partial charge in [0, 0.05) is 36.1 Å². The molecule has 1 fully saturated rings. The molecule has 0 aromatic heterocycles. The molecule has 1 saturated heterocycles. The van der Waals surface area contributed by atoms with Gasteiger partial charge in [0.15, 0.2) is 5.78 Å². The van der Waals surface area contributed by atoms with Crippen LogP contribution in [0, 0.1) is 0 Å². The second-order valence-corrected chi connectivity index (χ2v) is 6.30. The lowest BCUT2D eigenvalue weighted by Gasteiger charge is -2.27. The normalized spacial score (nSPS) is 19.3. The molecule has 0 saturated carbocycles. The van der Waals surface area contributed by atoms with E-state index in [1.165, 1.54) is 19.4 Å². The summed E-state index contributed by atoms with van der Waals surface area (Å²) in [4.78, 5) is 17.0. The summed E-state index contributed by atoms with van der Waals surface area (Å²) >= 11 is 5.84. The van der Waals surface area contributed by atoms with E-state index in [-0.39, 0.29) is 5.78 Å². The standard InChI is InChI=1S/C17H25ClN2O/c1-3-20-11-4-5-16(20)13-19(2)12-10-17(21)14-6-8-15(18)9-7-14/h6-9,16H,3-5,10-13H2,1-2H3. The first-order valence-electron chi connectivity index (χ1n) is 7.81. The molecule has 4 heteroatoms. The SMILES string of the molecule is CCN1CCCC1CN(C)CCC(=O)c1ccc(Cl)cc1. The third-order valence-corrected chi connectivity index (χ3v) is 4.57. The van der Waals surface area contributed by atoms with Gasteiger partial charge in [-0.1, -0.05) is 18.5 Å². The van der Waals surface area contributed by atoms with Gasteiger partial charge in [0.1, 0.15) is 0 Å². The van der Waals surface area contributed by atoms with Gasteiger partial charge in [0.2, 0.25) is 0 Å². The Morgan fingerprint density at radius 1 is 1.38 bits per heavy atom. The molecule has 1 atom stereocenters. The van der Waals surface area contributed by atoms with Crippen LogP contribution in [0.4, 0.5) is 0 Å². The number of likely N-dealkylation sites (N-methyl/N-ethyl adjacent to an activating group) is 2. The van der Waals surface area contributed by atoms with Gasteiger partial charge in [-0.25, -0.2) is 0 Å². The topological polar surface area (TPSA) is 23.6 Å². The maximum Gasteiger partial charge on any atom is 0.164 e. The zero-order valence-electron chi connectivity index (χ0n) is 13.0. The van der Waals surface area contributed by atoms with Gasteiger partial charge in [-0.3, -0.25) is 9.69 Å². The average molecular weight is 309 g/mol. The minimum Gasteiger partial charge on any atom is -0.304 e. The Hall–Kier alpha value is -0.900. The average Bonchev–Trinajstić information content (AvgIpc) is 2.92. The molecule has 1 aliphatic heterocycles. The summed E-state index contributed by atoms with van der Waals surface area (Å²) < 4.78 is 0. The van der Waals surface area contributed by atoms with Crippen LogP contribution in [-0.2, 0) is 0 Å². The van der Waals surface area contributed by atoms with Crippen molar-refractivity contribution in [2.45, 2.75) is 32.2 Å². The molecule has 116 valence electrons. The van der Waals surface area contributed by atoms with Crippen LogP contribution in [0.15, 0.2) is 24.3 Å². The van der Waals surface area contributed by atoms with E-state index in [0.29, 0.717) is 17.5 Å². The summed E-state index contributed by atoms with van der Waals surface area (Å²) in [6.07, 6.45) is 3.15. The Morgan fingerprint density at radius 2 is 2.10 bits per heavy atom. The molecule has 0 radical (unpaired) electrons. The van der Waals surface area contributed by atoms with Gasteiger partial charge in [-0.15, -0.1) is 0 Å². The van der Waals surface area contributed by atoms with Crippen LogP contribution in [-0.4, -0.2) is 54.9 Å². The largest absolute Gasteiger partial charge is 0.304 e. The van der Waals surface area contributed by atoms with Gasteiger partial charge in [0.05, 0.1) is 0 Å². The Bertz CT molecular complexity index is 460. The number of carbonyl (C=O) groups excluding carboxylic acids is 1. The van der Waals surface area contributed by atoms with Gasteiger partial charge >= 0.3 is 0 Å². The van der Waals surface area contributed by atoms with E-state index in [9.17, 15) is 4.79 Å². The number of benzene rings is 1. The molecule has 1 aromatic rings. The number of halogens is 1. The molecule has 1 aliphatic rings. The van der Waals surface area contributed by atoms with Crippen LogP contribution in [0.5, 0.6) is 0 Å². The van der Waals surface area contributed by atoms with Crippen LogP contribution in [0.1, 0.15) is 36.5 Å². The van der Waals surface area contributed by atoms with Crippen LogP contribution < -0.4 is 0 Å². The highest BCUT2D eigenvalue weighted by Gasteiger charge is 2.23. The minimum absolute atomic E-state index is 0.192. The molecule has 0 bridgehead atoms. The Labute approximate surface area is 132 Å². The lowest BCUT2D eigenvalue weighted by molar-refractivity contribution is 0.0963. The highest BCUT2D eigenvalue weighted by molar-refractivity contribution is 6.30. The first kappa shape index (κ1) is 16.5. The summed E-state index contributed by atoms with van der Waals surface area (Å²) in [5.74, 6) is 0.192. The highest BCUT2D eigenvalue weighted by atomic mass is 35.5. The molecule has 1 heterocycles. The Balaban J connectivity index is 1.77. The van der Waals surface area contributed by atoms with Crippen molar-refractivity contribution in [1.82, 2.24) is 9.80 Å². The minimum atomic E-state index is 0.192. The molecule has 1 aromatic carbocycles. The third-order valence-electron chi connectivity index (χ3n) is 4.31. The second kappa shape index (κ2) is 7.92. The summed E-state index contributed by atoms with van der Waals surface area (Å²) in [6, 6.07) is 7.82. The van der Waals surface area contributed by atoms with E-state index in [1.54, 1.807) is 24.3 Å². The zero-order chi connectivity index (χ0) is 15.2. The van der Waals surface area contributed by atoms with E-state index in [1.807, 2.05) is 0 Å². The van der Waals surface area contributed by atoms with Gasteiger partial charge in [0.25, 0.3) is 0 Å². The lowest BCUT2D eigenvalue weighted by Crippen LogP contribution is -2.39. The van der Waals surface area contributed by atoms with Crippen molar-refractivity contribution < 1.29 is 4.79 Å². The number of hydrogen-bond acceptors (Lipinski definition) is 3. The zero-order valence-corrected chi connectivity index (χ0v) is 13.8. The molecule has 21 heavy (non-hydrogen) atoms. The fraction of sp³-hybridized carbons (Fsp3) is 0.588. The summed E-state index contributed by atoms with van der Waals surface area (Å²) in [7, 11) is 2.11. The van der Waals surface area contributed by atoms with E-state index in [0.717, 1.165) is 25.2 Å². The van der Waals surface area contributed by atoms with E-state index < -0.39 is 0 Å². The summed E-state index contributed by atoms with van der Waals surface area (Å²) in [5, 5.41) is 0.671. The van der Waals surface area contributed by atoms with E-state index >= 15 is 0 Å². The van der Waals surface area contributed by atoms with Gasteiger partial charge in [-0.05, 0) is 57.2 Å². The first-order chi connectivity index (χ1) is 10.1. The first-order valence-corrected chi connectivity index (χ1v) is 8.19. The molecule has 1 unspecified atom stereocenters. The third kappa shape index (κ3) is 4.80. The number of carbonyl (C=O) groups is 1. The van der Waals surface area contributed by atoms with Gasteiger partial charge < -0.3 is 4.90 Å². The predicted octanol–water partition coefficient (Wildman–Crippen LogP) is 3.33. The van der Waals surface area contributed by atoms with E-state index in [2.05, 4.69) is 23.8 Å². The number of nitrogens with zero attached hydrogens (tertiary/aromatic N) is 2. The molecular weight excluding hydrogens is 284 g/mol. The van der Waals surface area contributed by atoms with Crippen LogP contribution in [0.25, 0.3) is 0 Å². The molecule has 0 aliphatic carbocycles. The van der Waals surface area contributed by atoms with Crippen molar-refractivity contribution in [3.8, 4) is 0 Å². The van der Waals surface area contributed by atoms with Crippen molar-refractivity contribution >= 4 is 17.4 Å². The quantitative estimate of drug-likeness (QED) is 0.722. The van der Waals surface area contributed by atoms with Crippen molar-refractivity contribution in [1.29, 1.82) is 0 Å². The number of Topliss-reactive ketones (excluding diaryl/α,β-unsaturated/α-hetero) is 1. The molecule has 2 rings (SSSR count). The molecular formula is C17H25ClN2O. The molecule has 0 amide bonds. The number of ketones is 1. The lowest BCUT2D eigenvalue weighted by atomic mass is 10.1. The molecule has 0 N–H and O–H groups in total. The highest BCUT2D eigenvalue weighted by Crippen LogP contribution is 2.17. The fourth-order valence-corrected chi connectivity index (χ4v) is 3.17. The summed E-state index contributed by atoms with van der Waals surface area (Å²) in [6.45, 7) is 6.44. The van der Waals surface area contributed by atoms with Crippen molar-refractivity contribution in [2.75, 3.05) is 33.2 Å². The number of rotatable bonds is 7. The second-order valence-electron chi connectivity index (χ2n) is 5.87. The van der Waals surface area contributed by atoms with Crippen molar-refractivity contribution in [3.63, 3.8) is 0 Å². The summed E-state index contributed by atoms with van der Waals surface area (Å²) in [5.41, 5.74) is 0.754.